The molecule has 2 heterocycles. The van der Waals surface area contributed by atoms with Crippen LogP contribution in [0.25, 0.3) is 0 Å². The number of benzene rings is 2. The lowest BCUT2D eigenvalue weighted by Gasteiger charge is -2.17. The van der Waals surface area contributed by atoms with Gasteiger partial charge in [-0.15, -0.1) is 0 Å². The Hall–Kier alpha value is -2.29. The van der Waals surface area contributed by atoms with Crippen molar-refractivity contribution in [2.75, 3.05) is 23.6 Å². The molecule has 25 heavy (non-hydrogen) atoms. The van der Waals surface area contributed by atoms with Gasteiger partial charge in [0.05, 0.1) is 5.92 Å². The predicted molar refractivity (Wildman–Crippen MR) is 101 cm³/mol. The van der Waals surface area contributed by atoms with Crippen LogP contribution in [0.2, 0.25) is 0 Å². The van der Waals surface area contributed by atoms with Crippen molar-refractivity contribution in [3.8, 4) is 11.5 Å². The van der Waals surface area contributed by atoms with Gasteiger partial charge >= 0.3 is 0 Å². The van der Waals surface area contributed by atoms with Gasteiger partial charge in [0.15, 0.2) is 11.5 Å². The lowest BCUT2D eigenvalue weighted by molar-refractivity contribution is -0.122. The number of anilines is 2. The number of amides is 2. The van der Waals surface area contributed by atoms with Crippen LogP contribution in [0.15, 0.2) is 42.5 Å². The fourth-order valence-corrected chi connectivity index (χ4v) is 3.32. The van der Waals surface area contributed by atoms with Crippen LogP contribution < -0.4 is 19.7 Å². The SMILES string of the molecule is O=C(Nc1ccc(I)cc1)C1CC(=O)N(c2ccc3c(c2)OCO3)C1. The van der Waals surface area contributed by atoms with E-state index >= 15 is 0 Å². The Morgan fingerprint density at radius 2 is 1.88 bits per heavy atom. The summed E-state index contributed by atoms with van der Waals surface area (Å²) < 4.78 is 11.7. The zero-order valence-corrected chi connectivity index (χ0v) is 15.4. The van der Waals surface area contributed by atoms with Crippen LogP contribution in [0, 0.1) is 9.49 Å². The molecule has 6 nitrogen and oxygen atoms in total. The van der Waals surface area contributed by atoms with Gasteiger partial charge in [0.25, 0.3) is 0 Å². The molecule has 4 rings (SSSR count). The van der Waals surface area contributed by atoms with E-state index in [0.717, 1.165) is 14.9 Å². The van der Waals surface area contributed by atoms with Gasteiger partial charge in [0, 0.05) is 34.0 Å². The van der Waals surface area contributed by atoms with Crippen molar-refractivity contribution in [1.82, 2.24) is 0 Å². The number of ether oxygens (including phenoxy) is 2. The molecular weight excluding hydrogens is 435 g/mol. The highest BCUT2D eigenvalue weighted by atomic mass is 127. The molecule has 0 saturated carbocycles. The van der Waals surface area contributed by atoms with E-state index in [1.807, 2.05) is 30.3 Å². The van der Waals surface area contributed by atoms with E-state index in [1.54, 1.807) is 17.0 Å². The van der Waals surface area contributed by atoms with Crippen molar-refractivity contribution < 1.29 is 19.1 Å². The van der Waals surface area contributed by atoms with Gasteiger partial charge in [-0.25, -0.2) is 0 Å². The van der Waals surface area contributed by atoms with Crippen LogP contribution in [0.1, 0.15) is 6.42 Å². The fourth-order valence-electron chi connectivity index (χ4n) is 2.96. The number of rotatable bonds is 3. The van der Waals surface area contributed by atoms with E-state index in [9.17, 15) is 9.59 Å². The minimum atomic E-state index is -0.378. The number of halogens is 1. The molecule has 2 aromatic rings. The van der Waals surface area contributed by atoms with Crippen LogP contribution in [0.4, 0.5) is 11.4 Å². The van der Waals surface area contributed by atoms with Gasteiger partial charge in [-0.2, -0.15) is 0 Å². The molecule has 1 fully saturated rings. The van der Waals surface area contributed by atoms with Crippen molar-refractivity contribution in [1.29, 1.82) is 0 Å². The molecule has 128 valence electrons. The molecule has 1 saturated heterocycles. The minimum Gasteiger partial charge on any atom is -0.454 e. The number of carbonyl (C=O) groups excluding carboxylic acids is 2. The van der Waals surface area contributed by atoms with Gasteiger partial charge in [-0.05, 0) is 59.0 Å². The first-order valence-electron chi connectivity index (χ1n) is 7.86. The van der Waals surface area contributed by atoms with Gasteiger partial charge in [-0.3, -0.25) is 9.59 Å². The molecule has 1 atom stereocenters. The molecule has 2 aliphatic rings. The van der Waals surface area contributed by atoms with E-state index in [0.29, 0.717) is 18.0 Å². The lowest BCUT2D eigenvalue weighted by atomic mass is 10.1. The molecule has 1 N–H and O–H groups in total. The third-order valence-corrected chi connectivity index (χ3v) is 4.99. The number of nitrogens with zero attached hydrogens (tertiary/aromatic N) is 1. The molecule has 0 aliphatic carbocycles. The number of fused-ring (bicyclic) bond motifs is 1. The van der Waals surface area contributed by atoms with Crippen molar-refractivity contribution in [2.24, 2.45) is 5.92 Å². The first-order chi connectivity index (χ1) is 12.1. The van der Waals surface area contributed by atoms with Crippen molar-refractivity contribution >= 4 is 45.8 Å². The van der Waals surface area contributed by atoms with Gasteiger partial charge in [0.1, 0.15) is 0 Å². The molecule has 0 aromatic heterocycles. The normalized spacial score (nSPS) is 18.5. The summed E-state index contributed by atoms with van der Waals surface area (Å²) in [6, 6.07) is 12.9. The Morgan fingerprint density at radius 1 is 1.12 bits per heavy atom. The minimum absolute atomic E-state index is 0.0679. The van der Waals surface area contributed by atoms with Crippen LogP contribution in [0.3, 0.4) is 0 Å². The van der Waals surface area contributed by atoms with Gasteiger partial charge < -0.3 is 19.7 Å². The Kier molecular flexibility index (Phi) is 4.24. The third kappa shape index (κ3) is 3.28. The second-order valence-electron chi connectivity index (χ2n) is 5.94. The molecule has 7 heteroatoms. The van der Waals surface area contributed by atoms with Gasteiger partial charge in [0.2, 0.25) is 18.6 Å². The summed E-state index contributed by atoms with van der Waals surface area (Å²) in [6.45, 7) is 0.544. The maximum Gasteiger partial charge on any atom is 0.231 e. The predicted octanol–water partition coefficient (Wildman–Crippen LogP) is 3.01. The smallest absolute Gasteiger partial charge is 0.231 e. The Bertz CT molecular complexity index is 837. The van der Waals surface area contributed by atoms with E-state index in [2.05, 4.69) is 27.9 Å². The van der Waals surface area contributed by atoms with Crippen LogP contribution in [-0.4, -0.2) is 25.2 Å². The van der Waals surface area contributed by atoms with Crippen molar-refractivity contribution in [2.45, 2.75) is 6.42 Å². The summed E-state index contributed by atoms with van der Waals surface area (Å²) in [7, 11) is 0. The summed E-state index contributed by atoms with van der Waals surface area (Å²) in [4.78, 5) is 26.5. The number of nitrogens with one attached hydrogen (secondary N) is 1. The summed E-state index contributed by atoms with van der Waals surface area (Å²) >= 11 is 2.21. The average molecular weight is 450 g/mol. The van der Waals surface area contributed by atoms with Crippen LogP contribution in [-0.2, 0) is 9.59 Å². The van der Waals surface area contributed by atoms with E-state index < -0.39 is 0 Å². The Morgan fingerprint density at radius 3 is 2.68 bits per heavy atom. The van der Waals surface area contributed by atoms with Crippen LogP contribution in [0.5, 0.6) is 11.5 Å². The van der Waals surface area contributed by atoms with E-state index in [4.69, 9.17) is 9.47 Å². The second-order valence-corrected chi connectivity index (χ2v) is 7.18. The van der Waals surface area contributed by atoms with E-state index in [1.165, 1.54) is 0 Å². The summed E-state index contributed by atoms with van der Waals surface area (Å²) in [6.07, 6.45) is 0.199. The van der Waals surface area contributed by atoms with Crippen molar-refractivity contribution in [3.63, 3.8) is 0 Å². The molecular formula is C18H15IN2O4. The summed E-state index contributed by atoms with van der Waals surface area (Å²) in [5.74, 6) is 0.706. The molecule has 1 unspecified atom stereocenters. The maximum atomic E-state index is 12.5. The summed E-state index contributed by atoms with van der Waals surface area (Å²) in [5, 5.41) is 2.88. The molecule has 0 bridgehead atoms. The zero-order valence-electron chi connectivity index (χ0n) is 13.2. The molecule has 2 aromatic carbocycles. The number of carbonyl (C=O) groups is 2. The Balaban J connectivity index is 1.46. The number of hydrogen-bond donors (Lipinski definition) is 1. The first kappa shape index (κ1) is 16.2. The Labute approximate surface area is 158 Å². The molecule has 2 amide bonds. The monoisotopic (exact) mass is 450 g/mol. The topological polar surface area (TPSA) is 67.9 Å². The highest BCUT2D eigenvalue weighted by molar-refractivity contribution is 14.1. The highest BCUT2D eigenvalue weighted by Gasteiger charge is 2.35. The third-order valence-electron chi connectivity index (χ3n) is 4.28. The highest BCUT2D eigenvalue weighted by Crippen LogP contribution is 2.37. The zero-order chi connectivity index (χ0) is 17.4. The number of hydrogen-bond acceptors (Lipinski definition) is 4. The average Bonchev–Trinajstić information content (AvgIpc) is 3.22. The second kappa shape index (κ2) is 6.55. The standard InChI is InChI=1S/C18H15IN2O4/c19-12-1-3-13(4-2-12)20-18(23)11-7-17(22)21(9-11)14-5-6-15-16(8-14)25-10-24-15/h1-6,8,11H,7,9-10H2,(H,20,23). The lowest BCUT2D eigenvalue weighted by Crippen LogP contribution is -2.28. The summed E-state index contributed by atoms with van der Waals surface area (Å²) in [5.41, 5.74) is 1.46. The van der Waals surface area contributed by atoms with Gasteiger partial charge in [-0.1, -0.05) is 0 Å². The molecule has 2 aliphatic heterocycles. The first-order valence-corrected chi connectivity index (χ1v) is 8.94. The molecule has 0 spiro atoms. The fraction of sp³-hybridized carbons (Fsp3) is 0.222. The maximum absolute atomic E-state index is 12.5. The largest absolute Gasteiger partial charge is 0.454 e. The van der Waals surface area contributed by atoms with Crippen molar-refractivity contribution in [3.05, 3.63) is 46.0 Å². The van der Waals surface area contributed by atoms with E-state index in [-0.39, 0.29) is 30.9 Å². The molecule has 0 radical (unpaired) electrons. The van der Waals surface area contributed by atoms with Crippen LogP contribution >= 0.6 is 22.6 Å². The quantitative estimate of drug-likeness (QED) is 0.731.